The lowest BCUT2D eigenvalue weighted by molar-refractivity contribution is -0.144. The zero-order valence-corrected chi connectivity index (χ0v) is 11.8. The van der Waals surface area contributed by atoms with Gasteiger partial charge in [-0.25, -0.2) is 0 Å². The maximum Gasteiger partial charge on any atom is 0.324 e. The highest BCUT2D eigenvalue weighted by Crippen LogP contribution is 2.16. The van der Waals surface area contributed by atoms with Gasteiger partial charge < -0.3 is 4.74 Å². The van der Waals surface area contributed by atoms with Gasteiger partial charge in [-0.3, -0.25) is 14.4 Å². The van der Waals surface area contributed by atoms with Crippen molar-refractivity contribution >= 4 is 17.5 Å². The molecule has 1 heterocycles. The summed E-state index contributed by atoms with van der Waals surface area (Å²) in [7, 11) is 0. The maximum atomic E-state index is 11.7. The molecule has 19 heavy (non-hydrogen) atoms. The van der Waals surface area contributed by atoms with Crippen molar-refractivity contribution < 1.29 is 19.1 Å². The van der Waals surface area contributed by atoms with Crippen LogP contribution in [-0.4, -0.2) is 24.1 Å². The number of carbonyl (C=O) groups is 3. The molecule has 108 valence electrons. The SMILES string of the molecule is CCCCCCCCCCC(=O)C1C(=O)COC1=O. The number of carbonyl (C=O) groups excluding carboxylic acids is 3. The second-order valence-corrected chi connectivity index (χ2v) is 5.20. The third-order valence-corrected chi connectivity index (χ3v) is 3.51. The van der Waals surface area contributed by atoms with E-state index in [9.17, 15) is 14.4 Å². The number of ether oxygens (including phenoxy) is 1. The van der Waals surface area contributed by atoms with Crippen LogP contribution < -0.4 is 0 Å². The van der Waals surface area contributed by atoms with Gasteiger partial charge >= 0.3 is 5.97 Å². The van der Waals surface area contributed by atoms with Crippen molar-refractivity contribution in [3.63, 3.8) is 0 Å². The Morgan fingerprint density at radius 1 is 1.05 bits per heavy atom. The van der Waals surface area contributed by atoms with Gasteiger partial charge in [0.15, 0.2) is 24.1 Å². The highest BCUT2D eigenvalue weighted by molar-refractivity contribution is 6.20. The molecule has 1 saturated heterocycles. The van der Waals surface area contributed by atoms with Crippen LogP contribution in [0, 0.1) is 5.92 Å². The number of esters is 1. The first-order valence-electron chi connectivity index (χ1n) is 7.39. The van der Waals surface area contributed by atoms with Gasteiger partial charge in [0.05, 0.1) is 0 Å². The van der Waals surface area contributed by atoms with E-state index >= 15 is 0 Å². The average molecular weight is 268 g/mol. The number of cyclic esters (lactones) is 1. The zero-order chi connectivity index (χ0) is 14.1. The van der Waals surface area contributed by atoms with Crippen LogP contribution in [0.15, 0.2) is 0 Å². The molecule has 4 nitrogen and oxygen atoms in total. The molecule has 0 aromatic rings. The molecule has 0 spiro atoms. The van der Waals surface area contributed by atoms with E-state index in [1.165, 1.54) is 32.1 Å². The summed E-state index contributed by atoms with van der Waals surface area (Å²) in [4.78, 5) is 34.2. The van der Waals surface area contributed by atoms with Gasteiger partial charge in [-0.05, 0) is 6.42 Å². The molecule has 1 aliphatic rings. The fourth-order valence-corrected chi connectivity index (χ4v) is 2.33. The molecule has 1 fully saturated rings. The van der Waals surface area contributed by atoms with Crippen LogP contribution >= 0.6 is 0 Å². The van der Waals surface area contributed by atoms with Crippen molar-refractivity contribution in [2.45, 2.75) is 64.7 Å². The predicted molar refractivity (Wildman–Crippen MR) is 71.7 cm³/mol. The quantitative estimate of drug-likeness (QED) is 0.347. The van der Waals surface area contributed by atoms with Crippen molar-refractivity contribution in [1.29, 1.82) is 0 Å². The number of rotatable bonds is 10. The van der Waals surface area contributed by atoms with Gasteiger partial charge in [-0.1, -0.05) is 51.9 Å². The van der Waals surface area contributed by atoms with Gasteiger partial charge in [0, 0.05) is 6.42 Å². The minimum Gasteiger partial charge on any atom is -0.457 e. The van der Waals surface area contributed by atoms with Crippen molar-refractivity contribution in [2.75, 3.05) is 6.61 Å². The molecule has 0 radical (unpaired) electrons. The largest absolute Gasteiger partial charge is 0.457 e. The van der Waals surface area contributed by atoms with Gasteiger partial charge in [0.2, 0.25) is 0 Å². The molecule has 1 aliphatic heterocycles. The third kappa shape index (κ3) is 5.53. The number of hydrogen-bond acceptors (Lipinski definition) is 4. The van der Waals surface area contributed by atoms with E-state index in [0.29, 0.717) is 6.42 Å². The minimum absolute atomic E-state index is 0.229. The van der Waals surface area contributed by atoms with E-state index in [4.69, 9.17) is 0 Å². The lowest BCUT2D eigenvalue weighted by atomic mass is 9.96. The normalized spacial score (nSPS) is 18.7. The van der Waals surface area contributed by atoms with Gasteiger partial charge in [-0.15, -0.1) is 0 Å². The summed E-state index contributed by atoms with van der Waals surface area (Å²) in [5.41, 5.74) is 0. The first-order valence-corrected chi connectivity index (χ1v) is 7.39. The zero-order valence-electron chi connectivity index (χ0n) is 11.8. The van der Waals surface area contributed by atoms with Crippen molar-refractivity contribution in [3.05, 3.63) is 0 Å². The molecular weight excluding hydrogens is 244 g/mol. The summed E-state index contributed by atoms with van der Waals surface area (Å²) < 4.78 is 4.57. The Hall–Kier alpha value is -1.19. The molecule has 1 atom stereocenters. The fourth-order valence-electron chi connectivity index (χ4n) is 2.33. The highest BCUT2D eigenvalue weighted by Gasteiger charge is 2.40. The number of unbranched alkanes of at least 4 members (excludes halogenated alkanes) is 7. The number of Topliss-reactive ketones (excluding diaryl/α,β-unsaturated/α-hetero) is 2. The average Bonchev–Trinajstić information content (AvgIpc) is 2.72. The summed E-state index contributed by atoms with van der Waals surface area (Å²) in [6.07, 6.45) is 9.51. The molecule has 4 heteroatoms. The second kappa shape index (κ2) is 8.83. The van der Waals surface area contributed by atoms with Crippen LogP contribution in [0.2, 0.25) is 0 Å². The van der Waals surface area contributed by atoms with Crippen LogP contribution in [0.3, 0.4) is 0 Å². The predicted octanol–water partition coefficient (Wildman–Crippen LogP) is 2.83. The molecule has 0 bridgehead atoms. The summed E-state index contributed by atoms with van der Waals surface area (Å²) in [5, 5.41) is 0. The van der Waals surface area contributed by atoms with Crippen molar-refractivity contribution in [1.82, 2.24) is 0 Å². The molecule has 1 unspecified atom stereocenters. The standard InChI is InChI=1S/C15H24O4/c1-2-3-4-5-6-7-8-9-10-12(16)14-13(17)11-19-15(14)18/h14H,2-11H2,1H3. The fraction of sp³-hybridized carbons (Fsp3) is 0.800. The lowest BCUT2D eigenvalue weighted by Gasteiger charge is -2.04. The van der Waals surface area contributed by atoms with E-state index in [2.05, 4.69) is 11.7 Å². The maximum absolute atomic E-state index is 11.7. The number of ketones is 2. The Kier molecular flexibility index (Phi) is 7.38. The van der Waals surface area contributed by atoms with Crippen LogP contribution in [0.1, 0.15) is 64.7 Å². The molecule has 1 rings (SSSR count). The molecule has 0 aromatic carbocycles. The molecule has 0 aromatic heterocycles. The molecule has 0 N–H and O–H groups in total. The molecular formula is C15H24O4. The van der Waals surface area contributed by atoms with Crippen LogP contribution in [0.4, 0.5) is 0 Å². The molecule has 0 saturated carbocycles. The smallest absolute Gasteiger partial charge is 0.324 e. The van der Waals surface area contributed by atoms with E-state index in [1.807, 2.05) is 0 Å². The minimum atomic E-state index is -1.12. The Morgan fingerprint density at radius 2 is 1.63 bits per heavy atom. The van der Waals surface area contributed by atoms with Crippen molar-refractivity contribution in [3.8, 4) is 0 Å². The van der Waals surface area contributed by atoms with E-state index < -0.39 is 11.9 Å². The molecule has 0 amide bonds. The second-order valence-electron chi connectivity index (χ2n) is 5.20. The third-order valence-electron chi connectivity index (χ3n) is 3.51. The van der Waals surface area contributed by atoms with Crippen molar-refractivity contribution in [2.24, 2.45) is 5.92 Å². The summed E-state index contributed by atoms with van der Waals surface area (Å²) in [6.45, 7) is 1.97. The molecule has 0 aliphatic carbocycles. The Bertz CT molecular complexity index is 306. The van der Waals surface area contributed by atoms with Gasteiger partial charge in [0.25, 0.3) is 0 Å². The van der Waals surface area contributed by atoms with Crippen LogP contribution in [0.25, 0.3) is 0 Å². The van der Waals surface area contributed by atoms with Crippen LogP contribution in [-0.2, 0) is 19.1 Å². The summed E-state index contributed by atoms with van der Waals surface area (Å²) in [6, 6.07) is 0. The first kappa shape index (κ1) is 15.9. The van der Waals surface area contributed by atoms with E-state index in [-0.39, 0.29) is 18.2 Å². The highest BCUT2D eigenvalue weighted by atomic mass is 16.5. The van der Waals surface area contributed by atoms with Gasteiger partial charge in [0.1, 0.15) is 0 Å². The number of hydrogen-bond donors (Lipinski definition) is 0. The summed E-state index contributed by atoms with van der Waals surface area (Å²) >= 11 is 0. The lowest BCUT2D eigenvalue weighted by Crippen LogP contribution is -2.25. The van der Waals surface area contributed by atoms with E-state index in [0.717, 1.165) is 19.3 Å². The van der Waals surface area contributed by atoms with Gasteiger partial charge in [-0.2, -0.15) is 0 Å². The Morgan fingerprint density at radius 3 is 2.16 bits per heavy atom. The first-order chi connectivity index (χ1) is 9.16. The topological polar surface area (TPSA) is 60.4 Å². The van der Waals surface area contributed by atoms with E-state index in [1.54, 1.807) is 0 Å². The van der Waals surface area contributed by atoms with Crippen LogP contribution in [0.5, 0.6) is 0 Å². The monoisotopic (exact) mass is 268 g/mol. The Balaban J connectivity index is 2.04. The summed E-state index contributed by atoms with van der Waals surface area (Å²) in [5.74, 6) is -2.42. The Labute approximate surface area is 114 Å².